The first kappa shape index (κ1) is 18.3. The molecule has 1 aromatic heterocycles. The Morgan fingerprint density at radius 3 is 2.73 bits per heavy atom. The van der Waals surface area contributed by atoms with Crippen LogP contribution in [0.2, 0.25) is 0 Å². The number of aryl methyl sites for hydroxylation is 1. The Morgan fingerprint density at radius 2 is 2.00 bits per heavy atom. The highest BCUT2D eigenvalue weighted by Gasteiger charge is 2.16. The molecular weight excluding hydrogens is 330 g/mol. The number of carbonyl (C=O) groups is 1. The van der Waals surface area contributed by atoms with Crippen LogP contribution in [0.15, 0.2) is 30.6 Å². The SMILES string of the molecule is COc1cc(NC(=O)c2cncc(CN3CCN(C)CC3)n2)ccc1C. The van der Waals surface area contributed by atoms with Crippen LogP contribution in [0, 0.1) is 6.92 Å². The Labute approximate surface area is 154 Å². The fourth-order valence-corrected chi connectivity index (χ4v) is 2.92. The molecule has 138 valence electrons. The van der Waals surface area contributed by atoms with Crippen LogP contribution < -0.4 is 10.1 Å². The third kappa shape index (κ3) is 4.56. The zero-order valence-corrected chi connectivity index (χ0v) is 15.5. The van der Waals surface area contributed by atoms with Crippen molar-refractivity contribution in [2.24, 2.45) is 0 Å². The van der Waals surface area contributed by atoms with E-state index in [1.165, 1.54) is 6.20 Å². The molecule has 0 spiro atoms. The Balaban J connectivity index is 1.66. The molecule has 0 bridgehead atoms. The van der Waals surface area contributed by atoms with Crippen molar-refractivity contribution < 1.29 is 9.53 Å². The Kier molecular flexibility index (Phi) is 5.80. The van der Waals surface area contributed by atoms with Crippen molar-refractivity contribution in [1.29, 1.82) is 0 Å². The fraction of sp³-hybridized carbons (Fsp3) is 0.421. The molecule has 0 radical (unpaired) electrons. The highest BCUT2D eigenvalue weighted by Crippen LogP contribution is 2.22. The largest absolute Gasteiger partial charge is 0.496 e. The lowest BCUT2D eigenvalue weighted by Gasteiger charge is -2.31. The molecule has 0 atom stereocenters. The van der Waals surface area contributed by atoms with Crippen molar-refractivity contribution in [3.05, 3.63) is 47.5 Å². The average Bonchev–Trinajstić information content (AvgIpc) is 2.65. The zero-order chi connectivity index (χ0) is 18.5. The first-order valence-corrected chi connectivity index (χ1v) is 8.73. The lowest BCUT2D eigenvalue weighted by molar-refractivity contribution is 0.102. The number of hydrogen-bond acceptors (Lipinski definition) is 6. The normalized spacial score (nSPS) is 15.7. The van der Waals surface area contributed by atoms with Crippen LogP contribution in [0.4, 0.5) is 5.69 Å². The Hall–Kier alpha value is -2.51. The molecule has 1 aliphatic rings. The van der Waals surface area contributed by atoms with Crippen LogP contribution in [-0.2, 0) is 6.54 Å². The minimum atomic E-state index is -0.274. The van der Waals surface area contributed by atoms with E-state index < -0.39 is 0 Å². The van der Waals surface area contributed by atoms with Crippen molar-refractivity contribution in [3.8, 4) is 5.75 Å². The second-order valence-electron chi connectivity index (χ2n) is 6.61. The number of methoxy groups -OCH3 is 1. The van der Waals surface area contributed by atoms with E-state index in [-0.39, 0.29) is 5.91 Å². The van der Waals surface area contributed by atoms with Gasteiger partial charge in [-0.2, -0.15) is 0 Å². The summed E-state index contributed by atoms with van der Waals surface area (Å²) < 4.78 is 5.30. The molecular formula is C19H25N5O2. The van der Waals surface area contributed by atoms with Gasteiger partial charge in [0.25, 0.3) is 5.91 Å². The predicted octanol–water partition coefficient (Wildman–Crippen LogP) is 1.79. The van der Waals surface area contributed by atoms with E-state index in [4.69, 9.17) is 4.74 Å². The molecule has 7 nitrogen and oxygen atoms in total. The summed E-state index contributed by atoms with van der Waals surface area (Å²) in [6.45, 7) is 6.75. The first-order valence-electron chi connectivity index (χ1n) is 8.73. The molecule has 1 aliphatic heterocycles. The number of ether oxygens (including phenoxy) is 1. The number of amides is 1. The lowest BCUT2D eigenvalue weighted by Crippen LogP contribution is -2.44. The molecule has 3 rings (SSSR count). The second-order valence-corrected chi connectivity index (χ2v) is 6.61. The van der Waals surface area contributed by atoms with Crippen LogP contribution in [0.25, 0.3) is 0 Å². The molecule has 7 heteroatoms. The van der Waals surface area contributed by atoms with E-state index in [1.807, 2.05) is 19.1 Å². The highest BCUT2D eigenvalue weighted by molar-refractivity contribution is 6.02. The number of carbonyl (C=O) groups excluding carboxylic acids is 1. The van der Waals surface area contributed by atoms with Gasteiger partial charge in [-0.3, -0.25) is 14.7 Å². The van der Waals surface area contributed by atoms with Crippen LogP contribution in [0.1, 0.15) is 21.7 Å². The van der Waals surface area contributed by atoms with Crippen molar-refractivity contribution >= 4 is 11.6 Å². The number of likely N-dealkylation sites (N-methyl/N-ethyl adjacent to an activating group) is 1. The smallest absolute Gasteiger partial charge is 0.275 e. The number of nitrogens with zero attached hydrogens (tertiary/aromatic N) is 4. The Bertz CT molecular complexity index is 772. The van der Waals surface area contributed by atoms with Gasteiger partial charge in [0.15, 0.2) is 0 Å². The minimum absolute atomic E-state index is 0.274. The van der Waals surface area contributed by atoms with Gasteiger partial charge in [0.1, 0.15) is 11.4 Å². The van der Waals surface area contributed by atoms with E-state index >= 15 is 0 Å². The summed E-state index contributed by atoms with van der Waals surface area (Å²) in [5.74, 6) is 0.460. The molecule has 26 heavy (non-hydrogen) atoms. The fourth-order valence-electron chi connectivity index (χ4n) is 2.92. The highest BCUT2D eigenvalue weighted by atomic mass is 16.5. The summed E-state index contributed by atoms with van der Waals surface area (Å²) in [6.07, 6.45) is 3.22. The number of benzene rings is 1. The van der Waals surface area contributed by atoms with Crippen LogP contribution in [0.5, 0.6) is 5.75 Å². The molecule has 2 aromatic rings. The molecule has 1 saturated heterocycles. The number of nitrogens with one attached hydrogen (secondary N) is 1. The number of hydrogen-bond donors (Lipinski definition) is 1. The quantitative estimate of drug-likeness (QED) is 0.882. The van der Waals surface area contributed by atoms with Crippen molar-refractivity contribution in [1.82, 2.24) is 19.8 Å². The summed E-state index contributed by atoms with van der Waals surface area (Å²) in [5.41, 5.74) is 2.81. The Morgan fingerprint density at radius 1 is 1.23 bits per heavy atom. The van der Waals surface area contributed by atoms with E-state index in [1.54, 1.807) is 19.4 Å². The number of aromatic nitrogens is 2. The second kappa shape index (κ2) is 8.25. The topological polar surface area (TPSA) is 70.6 Å². The van der Waals surface area contributed by atoms with Crippen molar-refractivity contribution in [2.45, 2.75) is 13.5 Å². The van der Waals surface area contributed by atoms with E-state index in [9.17, 15) is 4.79 Å². The summed E-state index contributed by atoms with van der Waals surface area (Å²) in [6, 6.07) is 5.55. The van der Waals surface area contributed by atoms with Gasteiger partial charge >= 0.3 is 0 Å². The van der Waals surface area contributed by atoms with Crippen molar-refractivity contribution in [3.63, 3.8) is 0 Å². The molecule has 1 N–H and O–H groups in total. The standard InChI is InChI=1S/C19H25N5O2/c1-14-4-5-15(10-18(14)26-3)22-19(25)17-12-20-11-16(21-17)13-24-8-6-23(2)7-9-24/h4-5,10-12H,6-9,13H2,1-3H3,(H,22,25). The number of piperazine rings is 1. The minimum Gasteiger partial charge on any atom is -0.496 e. The van der Waals surface area contributed by atoms with Crippen LogP contribution >= 0.6 is 0 Å². The van der Waals surface area contributed by atoms with Crippen LogP contribution in [0.3, 0.4) is 0 Å². The van der Waals surface area contributed by atoms with Gasteiger partial charge in [0, 0.05) is 50.7 Å². The third-order valence-electron chi connectivity index (χ3n) is 4.56. The van der Waals surface area contributed by atoms with E-state index in [0.29, 0.717) is 17.9 Å². The van der Waals surface area contributed by atoms with Gasteiger partial charge in [0.05, 0.1) is 19.0 Å². The molecule has 1 amide bonds. The maximum absolute atomic E-state index is 12.5. The summed E-state index contributed by atoms with van der Waals surface area (Å²) in [7, 11) is 3.74. The molecule has 0 unspecified atom stereocenters. The van der Waals surface area contributed by atoms with E-state index in [2.05, 4.69) is 32.1 Å². The molecule has 0 aliphatic carbocycles. The first-order chi connectivity index (χ1) is 12.5. The lowest BCUT2D eigenvalue weighted by atomic mass is 10.2. The van der Waals surface area contributed by atoms with E-state index in [0.717, 1.165) is 43.2 Å². The molecule has 1 fully saturated rings. The third-order valence-corrected chi connectivity index (χ3v) is 4.56. The van der Waals surface area contributed by atoms with Gasteiger partial charge in [-0.1, -0.05) is 6.07 Å². The predicted molar refractivity (Wildman–Crippen MR) is 100 cm³/mol. The summed E-state index contributed by atoms with van der Waals surface area (Å²) in [4.78, 5) is 25.8. The maximum atomic E-state index is 12.5. The molecule has 0 saturated carbocycles. The summed E-state index contributed by atoms with van der Waals surface area (Å²) in [5, 5.41) is 2.86. The maximum Gasteiger partial charge on any atom is 0.275 e. The van der Waals surface area contributed by atoms with Crippen LogP contribution in [-0.4, -0.2) is 66.0 Å². The number of anilines is 1. The molecule has 1 aromatic carbocycles. The molecule has 2 heterocycles. The van der Waals surface area contributed by atoms with Gasteiger partial charge in [-0.25, -0.2) is 4.98 Å². The van der Waals surface area contributed by atoms with Gasteiger partial charge in [-0.05, 0) is 25.6 Å². The van der Waals surface area contributed by atoms with Gasteiger partial charge < -0.3 is 15.0 Å². The summed E-state index contributed by atoms with van der Waals surface area (Å²) >= 11 is 0. The average molecular weight is 355 g/mol. The van der Waals surface area contributed by atoms with Crippen molar-refractivity contribution in [2.75, 3.05) is 45.7 Å². The number of rotatable bonds is 5. The monoisotopic (exact) mass is 355 g/mol. The van der Waals surface area contributed by atoms with Gasteiger partial charge in [0.2, 0.25) is 0 Å². The van der Waals surface area contributed by atoms with Gasteiger partial charge in [-0.15, -0.1) is 0 Å². The zero-order valence-electron chi connectivity index (χ0n) is 15.5.